The summed E-state index contributed by atoms with van der Waals surface area (Å²) in [6.45, 7) is 8.71. The molecule has 0 unspecified atom stereocenters. The highest BCUT2D eigenvalue weighted by Gasteiger charge is 2.56. The molecule has 1 aliphatic heterocycles. The molecule has 0 aliphatic carbocycles. The molecule has 5 nitrogen and oxygen atoms in total. The standard InChI is InChI=1S/C17H22N2O3S/c1-16(2)9-19(17(16,3)4)15(22)13(21)12(20)14-18-10-7-5-6-8-11(10)23-14/h5-8,12-13,20-21H,9H2,1-4H3/t12-,13+/m1/s1. The monoisotopic (exact) mass is 334 g/mol. The van der Waals surface area contributed by atoms with Crippen LogP contribution in [0.1, 0.15) is 38.8 Å². The molecule has 0 spiro atoms. The number of aliphatic hydroxyl groups is 2. The van der Waals surface area contributed by atoms with E-state index < -0.39 is 18.1 Å². The molecule has 3 rings (SSSR count). The molecule has 2 atom stereocenters. The predicted molar refractivity (Wildman–Crippen MR) is 90.2 cm³/mol. The van der Waals surface area contributed by atoms with Crippen LogP contribution in [0.15, 0.2) is 24.3 Å². The van der Waals surface area contributed by atoms with Gasteiger partial charge in [-0.3, -0.25) is 4.79 Å². The van der Waals surface area contributed by atoms with Gasteiger partial charge in [0.15, 0.2) is 6.10 Å². The molecule has 2 aromatic rings. The van der Waals surface area contributed by atoms with Crippen molar-refractivity contribution in [2.75, 3.05) is 6.54 Å². The Labute approximate surface area is 139 Å². The van der Waals surface area contributed by atoms with Crippen molar-refractivity contribution in [1.29, 1.82) is 0 Å². The number of carbonyl (C=O) groups excluding carboxylic acids is 1. The zero-order valence-electron chi connectivity index (χ0n) is 13.8. The number of nitrogens with zero attached hydrogens (tertiary/aromatic N) is 2. The van der Waals surface area contributed by atoms with Gasteiger partial charge in [0.2, 0.25) is 0 Å². The highest BCUT2D eigenvalue weighted by atomic mass is 32.1. The maximum absolute atomic E-state index is 12.6. The number of benzene rings is 1. The lowest BCUT2D eigenvalue weighted by molar-refractivity contribution is -0.181. The lowest BCUT2D eigenvalue weighted by atomic mass is 9.65. The summed E-state index contributed by atoms with van der Waals surface area (Å²) >= 11 is 1.30. The quantitative estimate of drug-likeness (QED) is 0.903. The third-order valence-corrected chi connectivity index (χ3v) is 6.37. The Bertz CT molecular complexity index is 720. The maximum atomic E-state index is 12.6. The van der Waals surface area contributed by atoms with Crippen molar-refractivity contribution < 1.29 is 15.0 Å². The van der Waals surface area contributed by atoms with Gasteiger partial charge in [-0.15, -0.1) is 11.3 Å². The van der Waals surface area contributed by atoms with Gasteiger partial charge in [-0.2, -0.15) is 0 Å². The Hall–Kier alpha value is -1.50. The summed E-state index contributed by atoms with van der Waals surface area (Å²) in [6.07, 6.45) is -2.80. The van der Waals surface area contributed by atoms with E-state index in [-0.39, 0.29) is 11.0 Å². The highest BCUT2D eigenvalue weighted by Crippen LogP contribution is 2.47. The number of hydrogen-bond donors (Lipinski definition) is 2. The highest BCUT2D eigenvalue weighted by molar-refractivity contribution is 7.18. The largest absolute Gasteiger partial charge is 0.383 e. The summed E-state index contributed by atoms with van der Waals surface area (Å²) in [6, 6.07) is 7.50. The van der Waals surface area contributed by atoms with E-state index >= 15 is 0 Å². The first kappa shape index (κ1) is 16.4. The molecule has 124 valence electrons. The normalized spacial score (nSPS) is 21.7. The van der Waals surface area contributed by atoms with E-state index in [1.165, 1.54) is 11.3 Å². The molecule has 1 aliphatic rings. The van der Waals surface area contributed by atoms with Crippen molar-refractivity contribution in [2.24, 2.45) is 5.41 Å². The molecular weight excluding hydrogens is 312 g/mol. The third kappa shape index (κ3) is 2.45. The minimum Gasteiger partial charge on any atom is -0.383 e. The molecule has 6 heteroatoms. The lowest BCUT2D eigenvalue weighted by Crippen LogP contribution is -2.72. The minimum atomic E-state index is -1.49. The molecule has 2 heterocycles. The van der Waals surface area contributed by atoms with Crippen molar-refractivity contribution in [3.63, 3.8) is 0 Å². The number of fused-ring (bicyclic) bond motifs is 1. The zero-order valence-corrected chi connectivity index (χ0v) is 14.6. The lowest BCUT2D eigenvalue weighted by Gasteiger charge is -2.61. The van der Waals surface area contributed by atoms with E-state index in [1.54, 1.807) is 4.90 Å². The SMILES string of the molecule is CC1(C)CN(C(=O)[C@@H](O)[C@@H](O)c2nc3ccccc3s2)C1(C)C. The topological polar surface area (TPSA) is 73.7 Å². The summed E-state index contributed by atoms with van der Waals surface area (Å²) in [7, 11) is 0. The molecule has 1 aromatic heterocycles. The molecule has 23 heavy (non-hydrogen) atoms. The van der Waals surface area contributed by atoms with Crippen LogP contribution in [0.25, 0.3) is 10.2 Å². The first-order chi connectivity index (χ1) is 10.6. The molecule has 0 radical (unpaired) electrons. The van der Waals surface area contributed by atoms with Crippen molar-refractivity contribution in [3.8, 4) is 0 Å². The van der Waals surface area contributed by atoms with Gasteiger partial charge in [0.25, 0.3) is 5.91 Å². The summed E-state index contributed by atoms with van der Waals surface area (Å²) in [5.41, 5.74) is 0.401. The van der Waals surface area contributed by atoms with Gasteiger partial charge < -0.3 is 15.1 Å². The van der Waals surface area contributed by atoms with Gasteiger partial charge >= 0.3 is 0 Å². The van der Waals surface area contributed by atoms with Gasteiger partial charge in [0, 0.05) is 17.5 Å². The molecule has 1 fully saturated rings. The third-order valence-electron chi connectivity index (χ3n) is 5.27. The van der Waals surface area contributed by atoms with Crippen LogP contribution < -0.4 is 0 Å². The molecule has 1 aromatic carbocycles. The molecule has 0 bridgehead atoms. The van der Waals surface area contributed by atoms with Crippen molar-refractivity contribution >= 4 is 27.5 Å². The van der Waals surface area contributed by atoms with E-state index in [1.807, 2.05) is 38.1 Å². The fourth-order valence-electron chi connectivity index (χ4n) is 2.86. The van der Waals surface area contributed by atoms with Gasteiger partial charge in [-0.25, -0.2) is 4.98 Å². The van der Waals surface area contributed by atoms with Crippen molar-refractivity contribution in [1.82, 2.24) is 9.88 Å². The molecule has 2 N–H and O–H groups in total. The van der Waals surface area contributed by atoms with Crippen LogP contribution in [-0.2, 0) is 4.79 Å². The average Bonchev–Trinajstić information content (AvgIpc) is 2.94. The fourth-order valence-corrected chi connectivity index (χ4v) is 3.84. The van der Waals surface area contributed by atoms with Crippen LogP contribution in [0.3, 0.4) is 0 Å². The van der Waals surface area contributed by atoms with Crippen LogP contribution in [0, 0.1) is 5.41 Å². The first-order valence-corrected chi connectivity index (χ1v) is 8.50. The van der Waals surface area contributed by atoms with Gasteiger partial charge in [-0.1, -0.05) is 26.0 Å². The predicted octanol–water partition coefficient (Wildman–Crippen LogP) is 2.34. The van der Waals surface area contributed by atoms with Gasteiger partial charge in [0.05, 0.1) is 10.2 Å². The van der Waals surface area contributed by atoms with Gasteiger partial charge in [-0.05, 0) is 26.0 Å². The molecule has 1 saturated heterocycles. The number of thiazole rings is 1. The van der Waals surface area contributed by atoms with Crippen molar-refractivity contribution in [2.45, 2.75) is 45.4 Å². The number of rotatable bonds is 3. The number of aliphatic hydroxyl groups excluding tert-OH is 2. The number of aromatic nitrogens is 1. The molecular formula is C17H22N2O3S. The Morgan fingerprint density at radius 1 is 1.26 bits per heavy atom. The smallest absolute Gasteiger partial charge is 0.255 e. The van der Waals surface area contributed by atoms with Crippen LogP contribution in [-0.4, -0.2) is 44.2 Å². The van der Waals surface area contributed by atoms with Crippen LogP contribution in [0.4, 0.5) is 0 Å². The van der Waals surface area contributed by atoms with E-state index in [0.29, 0.717) is 11.6 Å². The van der Waals surface area contributed by atoms with Crippen LogP contribution in [0.5, 0.6) is 0 Å². The zero-order chi connectivity index (χ0) is 17.0. The van der Waals surface area contributed by atoms with E-state index in [4.69, 9.17) is 0 Å². The second-order valence-corrected chi connectivity index (χ2v) is 8.34. The minimum absolute atomic E-state index is 0.0107. The van der Waals surface area contributed by atoms with Crippen LogP contribution >= 0.6 is 11.3 Å². The number of amides is 1. The number of carbonyl (C=O) groups is 1. The maximum Gasteiger partial charge on any atom is 0.255 e. The summed E-state index contributed by atoms with van der Waals surface area (Å²) in [4.78, 5) is 18.5. The Balaban J connectivity index is 1.80. The number of likely N-dealkylation sites (tertiary alicyclic amines) is 1. The summed E-state index contributed by atoms with van der Waals surface area (Å²) in [5.74, 6) is -0.443. The Morgan fingerprint density at radius 2 is 1.91 bits per heavy atom. The molecule has 1 amide bonds. The first-order valence-electron chi connectivity index (χ1n) is 7.68. The molecule has 0 saturated carbocycles. The summed E-state index contributed by atoms with van der Waals surface area (Å²) in [5, 5.41) is 21.1. The van der Waals surface area contributed by atoms with Gasteiger partial charge in [0.1, 0.15) is 11.1 Å². The second-order valence-electron chi connectivity index (χ2n) is 7.28. The number of para-hydroxylation sites is 1. The van der Waals surface area contributed by atoms with E-state index in [9.17, 15) is 15.0 Å². The fraction of sp³-hybridized carbons (Fsp3) is 0.529. The van der Waals surface area contributed by atoms with Crippen LogP contribution in [0.2, 0.25) is 0 Å². The van der Waals surface area contributed by atoms with E-state index in [2.05, 4.69) is 18.8 Å². The summed E-state index contributed by atoms with van der Waals surface area (Å²) < 4.78 is 0.923. The Kier molecular flexibility index (Phi) is 3.74. The Morgan fingerprint density at radius 3 is 2.48 bits per heavy atom. The number of hydrogen-bond acceptors (Lipinski definition) is 5. The van der Waals surface area contributed by atoms with Crippen molar-refractivity contribution in [3.05, 3.63) is 29.3 Å². The average molecular weight is 334 g/mol. The second kappa shape index (κ2) is 5.26. The van der Waals surface area contributed by atoms with E-state index in [0.717, 1.165) is 10.2 Å².